The summed E-state index contributed by atoms with van der Waals surface area (Å²) in [4.78, 5) is 17.4. The third-order valence-electron chi connectivity index (χ3n) is 4.67. The zero-order valence-electron chi connectivity index (χ0n) is 19.2. The zero-order valence-corrected chi connectivity index (χ0v) is 19.2. The first-order chi connectivity index (χ1) is 16.6. The minimum Gasteiger partial charge on any atom is -0.341 e. The van der Waals surface area contributed by atoms with E-state index < -0.39 is 23.4 Å². The van der Waals surface area contributed by atoms with Gasteiger partial charge in [-0.05, 0) is 31.2 Å². The largest absolute Gasteiger partial charge is 0.416 e. The Morgan fingerprint density at radius 2 is 1.83 bits per heavy atom. The van der Waals surface area contributed by atoms with Gasteiger partial charge in [0.25, 0.3) is 0 Å². The second kappa shape index (κ2) is 13.2. The van der Waals surface area contributed by atoms with E-state index in [0.717, 1.165) is 24.3 Å². The van der Waals surface area contributed by atoms with Crippen molar-refractivity contribution in [2.24, 2.45) is 4.99 Å². The van der Waals surface area contributed by atoms with Gasteiger partial charge in [-0.25, -0.2) is 14.2 Å². The first kappa shape index (κ1) is 27.5. The highest BCUT2D eigenvalue weighted by Crippen LogP contribution is 2.28. The molecule has 0 saturated heterocycles. The number of nitrogens with zero attached hydrogens (tertiary/aromatic N) is 2. The van der Waals surface area contributed by atoms with Gasteiger partial charge in [0.15, 0.2) is 11.6 Å². The molecule has 2 N–H and O–H groups in total. The minimum atomic E-state index is -4.21. The van der Waals surface area contributed by atoms with Crippen molar-refractivity contribution in [1.29, 1.82) is 0 Å². The lowest BCUT2D eigenvalue weighted by molar-refractivity contribution is -0.137. The van der Waals surface area contributed by atoms with Crippen molar-refractivity contribution in [3.63, 3.8) is 0 Å². The number of likely N-dealkylation sites (N-methyl/N-ethyl adjacent to an activating group) is 1. The summed E-state index contributed by atoms with van der Waals surface area (Å²) >= 11 is 0. The molecule has 1 atom stereocenters. The number of alkyl halides is 3. The van der Waals surface area contributed by atoms with Gasteiger partial charge in [-0.2, -0.15) is 13.2 Å². The summed E-state index contributed by atoms with van der Waals surface area (Å²) in [5, 5.41) is 0. The van der Waals surface area contributed by atoms with E-state index >= 15 is 0 Å². The number of hydrogen-bond donors (Lipinski definition) is 2. The fraction of sp³-hybridized carbons (Fsp3) is 0.280. The first-order valence-corrected chi connectivity index (χ1v) is 10.7. The third kappa shape index (κ3) is 9.59. The van der Waals surface area contributed by atoms with Crippen LogP contribution in [0.25, 0.3) is 0 Å². The van der Waals surface area contributed by atoms with E-state index in [9.17, 15) is 26.7 Å². The van der Waals surface area contributed by atoms with Crippen LogP contribution in [0, 0.1) is 23.5 Å². The topological polar surface area (TPSA) is 56.7 Å². The number of nitrogens with one attached hydrogen (secondary N) is 2. The van der Waals surface area contributed by atoms with Gasteiger partial charge in [-0.15, -0.1) is 0 Å². The van der Waals surface area contributed by atoms with E-state index in [2.05, 4.69) is 27.7 Å². The lowest BCUT2D eigenvalue weighted by atomic mass is 10.2. The smallest absolute Gasteiger partial charge is 0.341 e. The quantitative estimate of drug-likeness (QED) is 0.494. The molecule has 2 aromatic carbocycles. The first-order valence-electron chi connectivity index (χ1n) is 10.7. The summed E-state index contributed by atoms with van der Waals surface area (Å²) in [5.74, 6) is 4.54. The summed E-state index contributed by atoms with van der Waals surface area (Å²) in [7, 11) is 0. The molecule has 2 aromatic rings. The highest BCUT2D eigenvalue weighted by atomic mass is 19.4. The number of halogens is 5. The number of carbonyl (C=O) groups excluding carboxylic acids is 1. The van der Waals surface area contributed by atoms with Crippen molar-refractivity contribution in [2.45, 2.75) is 26.1 Å². The van der Waals surface area contributed by atoms with Crippen LogP contribution in [0.1, 0.15) is 25.0 Å². The monoisotopic (exact) mass is 492 g/mol. The lowest BCUT2D eigenvalue weighted by Gasteiger charge is -2.19. The normalized spacial score (nSPS) is 15.9. The van der Waals surface area contributed by atoms with Crippen molar-refractivity contribution in [2.75, 3.05) is 19.6 Å². The zero-order chi connectivity index (χ0) is 25.8. The Balaban J connectivity index is 0.000000360. The van der Waals surface area contributed by atoms with Crippen LogP contribution in [0.3, 0.4) is 0 Å². The van der Waals surface area contributed by atoms with Gasteiger partial charge in [-0.1, -0.05) is 48.2 Å². The van der Waals surface area contributed by atoms with Crippen molar-refractivity contribution in [3.05, 3.63) is 83.4 Å². The number of hydrogen-bond acceptors (Lipinski definition) is 3. The highest BCUT2D eigenvalue weighted by molar-refractivity contribution is 5.93. The number of hydrazine groups is 1. The predicted molar refractivity (Wildman–Crippen MR) is 124 cm³/mol. The Kier molecular flexibility index (Phi) is 10.4. The van der Waals surface area contributed by atoms with E-state index in [1.54, 1.807) is 17.0 Å². The molecule has 1 aliphatic rings. The van der Waals surface area contributed by atoms with Gasteiger partial charge < -0.3 is 10.3 Å². The number of benzene rings is 2. The number of rotatable bonds is 4. The maximum Gasteiger partial charge on any atom is 0.416 e. The molecule has 0 spiro atoms. The maximum absolute atomic E-state index is 13.1. The van der Waals surface area contributed by atoms with Crippen molar-refractivity contribution >= 4 is 11.7 Å². The molecule has 1 aliphatic heterocycles. The van der Waals surface area contributed by atoms with Crippen LogP contribution in [0.2, 0.25) is 0 Å². The Bertz CT molecular complexity index is 1100. The highest BCUT2D eigenvalue weighted by Gasteiger charge is 2.29. The van der Waals surface area contributed by atoms with E-state index in [0.29, 0.717) is 31.0 Å². The van der Waals surface area contributed by atoms with Gasteiger partial charge in [-0.3, -0.25) is 9.79 Å². The molecule has 0 radical (unpaired) electrons. The predicted octanol–water partition coefficient (Wildman–Crippen LogP) is 4.32. The van der Waals surface area contributed by atoms with Crippen LogP contribution in [-0.2, 0) is 11.0 Å². The van der Waals surface area contributed by atoms with Crippen LogP contribution in [0.5, 0.6) is 0 Å². The second-order valence-corrected chi connectivity index (χ2v) is 7.23. The van der Waals surface area contributed by atoms with E-state index in [4.69, 9.17) is 0 Å². The van der Waals surface area contributed by atoms with Gasteiger partial charge in [0.2, 0.25) is 5.91 Å². The summed E-state index contributed by atoms with van der Waals surface area (Å²) in [6.45, 7) is 5.17. The number of aliphatic imine (C=N–C) groups is 1. The molecule has 0 aliphatic carbocycles. The average Bonchev–Trinajstić information content (AvgIpc) is 2.83. The van der Waals surface area contributed by atoms with Gasteiger partial charge in [0, 0.05) is 25.6 Å². The molecule has 0 aromatic heterocycles. The molecule has 186 valence electrons. The van der Waals surface area contributed by atoms with Gasteiger partial charge in [0.1, 0.15) is 11.9 Å². The molecule has 0 fully saturated rings. The summed E-state index contributed by atoms with van der Waals surface area (Å²) in [5.41, 5.74) is 5.67. The lowest BCUT2D eigenvalue weighted by Crippen LogP contribution is -2.46. The van der Waals surface area contributed by atoms with Crippen LogP contribution in [0.4, 0.5) is 22.0 Å². The van der Waals surface area contributed by atoms with Crippen molar-refractivity contribution in [1.82, 2.24) is 15.8 Å². The Labute approximate surface area is 200 Å². The van der Waals surface area contributed by atoms with E-state index in [1.165, 1.54) is 25.1 Å². The summed E-state index contributed by atoms with van der Waals surface area (Å²) < 4.78 is 61.3. The molecule has 5 nitrogen and oxygen atoms in total. The number of carbonyl (C=O) groups is 1. The molecule has 1 amide bonds. The van der Waals surface area contributed by atoms with Crippen molar-refractivity contribution in [3.8, 4) is 11.8 Å². The minimum absolute atomic E-state index is 0.0283. The van der Waals surface area contributed by atoms with Crippen LogP contribution >= 0.6 is 0 Å². The third-order valence-corrected chi connectivity index (χ3v) is 4.67. The number of amides is 1. The van der Waals surface area contributed by atoms with E-state index in [1.807, 2.05) is 13.0 Å². The molecule has 0 bridgehead atoms. The summed E-state index contributed by atoms with van der Waals surface area (Å²) in [6, 6.07) is 9.61. The fourth-order valence-electron chi connectivity index (χ4n) is 2.80. The Hall–Kier alpha value is -3.71. The van der Waals surface area contributed by atoms with Crippen LogP contribution < -0.4 is 10.9 Å². The molecule has 0 saturated carbocycles. The fourth-order valence-corrected chi connectivity index (χ4v) is 2.80. The van der Waals surface area contributed by atoms with E-state index in [-0.39, 0.29) is 11.9 Å². The second-order valence-electron chi connectivity index (χ2n) is 7.23. The summed E-state index contributed by atoms with van der Waals surface area (Å²) in [6.07, 6.45) is -0.614. The van der Waals surface area contributed by atoms with Crippen LogP contribution in [0.15, 0.2) is 65.7 Å². The molecular formula is C25H25F5N4O. The van der Waals surface area contributed by atoms with Gasteiger partial charge in [0.05, 0.1) is 12.1 Å². The molecular weight excluding hydrogens is 467 g/mol. The Morgan fingerprint density at radius 3 is 2.34 bits per heavy atom. The Morgan fingerprint density at radius 1 is 1.11 bits per heavy atom. The molecule has 3 rings (SSSR count). The van der Waals surface area contributed by atoms with Crippen molar-refractivity contribution < 1.29 is 26.7 Å². The van der Waals surface area contributed by atoms with Gasteiger partial charge >= 0.3 is 6.18 Å². The molecule has 1 heterocycles. The average molecular weight is 492 g/mol. The van der Waals surface area contributed by atoms with Crippen LogP contribution in [-0.4, -0.2) is 42.3 Å². The molecule has 10 heteroatoms. The SMILES string of the molecule is CCN(CCN=C1C=CC(C#Cc2ccc(F)c(F)c2)NN1)C(C)=O.FC(F)(F)c1ccccc1. The standard InChI is InChI=1S/C18H20F2N4O.C7H5F3/c1-3-24(13(2)25)11-10-21-18-9-7-15(22-23-18)6-4-14-5-8-16(19)17(20)12-14;8-7(9,10)6-4-2-1-3-5-6/h5,7-9,12,15,22H,3,10-11H2,1-2H3,(H,21,23);1-5H. The molecule has 1 unspecified atom stereocenters. The maximum atomic E-state index is 13.1. The molecule has 35 heavy (non-hydrogen) atoms. The number of amidine groups is 1.